The molecular weight excluding hydrogens is 702 g/mol. The maximum absolute atomic E-state index is 15.9. The second-order valence-corrected chi connectivity index (χ2v) is 13.5. The summed E-state index contributed by atoms with van der Waals surface area (Å²) >= 11 is 12.3. The summed E-state index contributed by atoms with van der Waals surface area (Å²) in [4.78, 5) is 37.9. The largest absolute Gasteiger partial charge is 0.510 e. The molecule has 2 N–H and O–H groups in total. The minimum Gasteiger partial charge on any atom is -0.495 e. The number of benzene rings is 3. The molecule has 1 aliphatic heterocycles. The topological polar surface area (TPSA) is 136 Å². The first kappa shape index (κ1) is 37.8. The van der Waals surface area contributed by atoms with Gasteiger partial charge >= 0.3 is 12.1 Å². The highest BCUT2D eigenvalue weighted by Gasteiger charge is 2.61. The Kier molecular flexibility index (Phi) is 12.1. The number of rotatable bonds is 10. The summed E-state index contributed by atoms with van der Waals surface area (Å²) in [5.41, 5.74) is -2.16. The third-order valence-electron chi connectivity index (χ3n) is 8.06. The Morgan fingerprint density at radius 3 is 2.41 bits per heavy atom. The molecule has 5 atom stereocenters. The van der Waals surface area contributed by atoms with Crippen LogP contribution in [0.5, 0.6) is 5.75 Å². The summed E-state index contributed by atoms with van der Waals surface area (Å²) in [5.74, 6) is -4.30. The van der Waals surface area contributed by atoms with Gasteiger partial charge in [0.25, 0.3) is 0 Å². The fourth-order valence-electron chi connectivity index (χ4n) is 6.07. The fourth-order valence-corrected chi connectivity index (χ4v) is 6.47. The van der Waals surface area contributed by atoms with E-state index < -0.39 is 58.5 Å². The van der Waals surface area contributed by atoms with Crippen molar-refractivity contribution in [2.24, 2.45) is 5.41 Å². The number of nitrogens with zero attached hydrogens (tertiary/aromatic N) is 1. The molecule has 3 aromatic carbocycles. The maximum Gasteiger partial charge on any atom is 0.510 e. The Morgan fingerprint density at radius 1 is 1.06 bits per heavy atom. The lowest BCUT2D eigenvalue weighted by Crippen LogP contribution is -2.45. The van der Waals surface area contributed by atoms with Crippen LogP contribution in [0.3, 0.4) is 0 Å². The van der Waals surface area contributed by atoms with Gasteiger partial charge in [-0.3, -0.25) is 4.79 Å². The smallest absolute Gasteiger partial charge is 0.495 e. The van der Waals surface area contributed by atoms with Crippen molar-refractivity contribution >= 4 is 56.4 Å². The van der Waals surface area contributed by atoms with E-state index in [1.54, 1.807) is 9.47 Å². The van der Waals surface area contributed by atoms with Gasteiger partial charge in [-0.15, -0.1) is 0 Å². The van der Waals surface area contributed by atoms with E-state index in [0.717, 1.165) is 6.07 Å². The lowest BCUT2D eigenvalue weighted by molar-refractivity contribution is -0.118. The van der Waals surface area contributed by atoms with Crippen molar-refractivity contribution in [3.63, 3.8) is 0 Å². The molecule has 15 heteroatoms. The molecule has 4 rings (SSSR count). The van der Waals surface area contributed by atoms with E-state index in [-0.39, 0.29) is 57.8 Å². The first-order valence-corrected chi connectivity index (χ1v) is 16.2. The quantitative estimate of drug-likeness (QED) is 0.125. The number of esters is 1. The monoisotopic (exact) mass is 735 g/mol. The number of hydrogen-bond donors (Lipinski definition) is 2. The molecule has 1 aliphatic rings. The first-order chi connectivity index (χ1) is 23.2. The molecule has 1 saturated heterocycles. The Balaban J connectivity index is 1.76. The van der Waals surface area contributed by atoms with Crippen molar-refractivity contribution in [1.29, 1.82) is 5.26 Å². The van der Waals surface area contributed by atoms with Gasteiger partial charge in [0.15, 0.2) is 0 Å². The van der Waals surface area contributed by atoms with Gasteiger partial charge in [-0.1, -0.05) is 62.2 Å². The molecule has 260 valence electrons. The van der Waals surface area contributed by atoms with Crippen LogP contribution < -0.4 is 15.4 Å². The highest BCUT2D eigenvalue weighted by atomic mass is 35.5. The van der Waals surface area contributed by atoms with Gasteiger partial charge in [-0.25, -0.2) is 18.4 Å². The zero-order chi connectivity index (χ0) is 36.1. The minimum absolute atomic E-state index is 0.0582. The highest BCUT2D eigenvalue weighted by Crippen LogP contribution is 2.53. The van der Waals surface area contributed by atoms with Crippen LogP contribution >= 0.6 is 32.7 Å². The summed E-state index contributed by atoms with van der Waals surface area (Å²) in [5, 5.41) is 16.9. The average Bonchev–Trinajstić information content (AvgIpc) is 3.37. The predicted molar refractivity (Wildman–Crippen MR) is 182 cm³/mol. The zero-order valence-corrected chi connectivity index (χ0v) is 29.6. The average molecular weight is 737 g/mol. The number of methoxy groups -OCH3 is 1. The summed E-state index contributed by atoms with van der Waals surface area (Å²) in [7, 11) is 3.05. The SMILES string of the molecule is COc1cc(C(=O)OCCOC(=O)OP)ccc1NC(=O)[C@@H]1N[C@@H](CC(C)(C)C)[C@](C#N)(c2ccc(Cl)cc2F)[C@H]1c1cccc(Cl)c1F. The zero-order valence-electron chi connectivity index (χ0n) is 26.9. The molecule has 0 saturated carbocycles. The van der Waals surface area contributed by atoms with Crippen molar-refractivity contribution in [3.05, 3.63) is 93.0 Å². The van der Waals surface area contributed by atoms with E-state index in [4.69, 9.17) is 32.7 Å². The molecule has 49 heavy (non-hydrogen) atoms. The number of anilines is 1. The summed E-state index contributed by atoms with van der Waals surface area (Å²) in [6, 6.07) is 12.4. The minimum atomic E-state index is -1.82. The van der Waals surface area contributed by atoms with Crippen LogP contribution in [-0.2, 0) is 24.2 Å². The Bertz CT molecular complexity index is 1790. The van der Waals surface area contributed by atoms with Gasteiger partial charge in [0.1, 0.15) is 36.0 Å². The Hall–Kier alpha value is -4.01. The molecule has 1 fully saturated rings. The third-order valence-corrected chi connectivity index (χ3v) is 8.78. The van der Waals surface area contributed by atoms with Crippen molar-refractivity contribution in [3.8, 4) is 11.8 Å². The number of hydrogen-bond acceptors (Lipinski definition) is 9. The van der Waals surface area contributed by atoms with Crippen LogP contribution in [0.15, 0.2) is 54.6 Å². The first-order valence-electron chi connectivity index (χ1n) is 14.9. The summed E-state index contributed by atoms with van der Waals surface area (Å²) in [6.45, 7) is 5.30. The van der Waals surface area contributed by atoms with Gasteiger partial charge in [-0.2, -0.15) is 5.26 Å². The normalized spacial score (nSPS) is 20.2. The molecule has 0 bridgehead atoms. The molecule has 0 aromatic heterocycles. The van der Waals surface area contributed by atoms with E-state index in [0.29, 0.717) is 0 Å². The van der Waals surface area contributed by atoms with Crippen molar-refractivity contribution < 1.29 is 41.9 Å². The molecule has 1 unspecified atom stereocenters. The van der Waals surface area contributed by atoms with Gasteiger partial charge in [-0.05, 0) is 53.8 Å². The van der Waals surface area contributed by atoms with E-state index in [2.05, 4.69) is 26.0 Å². The van der Waals surface area contributed by atoms with Gasteiger partial charge in [0, 0.05) is 22.5 Å². The van der Waals surface area contributed by atoms with Crippen LogP contribution in [0.4, 0.5) is 19.3 Å². The van der Waals surface area contributed by atoms with Crippen LogP contribution in [0.1, 0.15) is 54.6 Å². The standard InChI is InChI=1S/C34H34Cl2F2N3O7P/c1-33(2,3)16-26-34(17-39,21-10-9-19(35)15-23(21)37)27(20-6-5-7-22(36)28(20)38)29(41-26)30(42)40-24-11-8-18(14-25(24)45-4)31(43)46-12-13-47-32(44)48-49/h5-11,14-15,26-27,29,41H,12-13,16,49H2,1-4H3,(H,40,42)/t26-,27-,29+,34-/m0/s1. The second-order valence-electron chi connectivity index (χ2n) is 12.4. The molecule has 0 radical (unpaired) electrons. The summed E-state index contributed by atoms with van der Waals surface area (Å²) < 4.78 is 51.3. The number of carbonyl (C=O) groups excluding carboxylic acids is 3. The number of nitriles is 1. The number of carbonyl (C=O) groups is 3. The Labute approximate surface area is 294 Å². The number of nitrogens with one attached hydrogen (secondary N) is 2. The number of amides is 1. The van der Waals surface area contributed by atoms with E-state index in [1.807, 2.05) is 20.8 Å². The summed E-state index contributed by atoms with van der Waals surface area (Å²) in [6.07, 6.45) is -0.676. The lowest BCUT2D eigenvalue weighted by Gasteiger charge is -2.37. The van der Waals surface area contributed by atoms with Gasteiger partial charge in [0.2, 0.25) is 5.91 Å². The molecule has 0 aliphatic carbocycles. The molecular formula is C34H34Cl2F2N3O7P. The van der Waals surface area contributed by atoms with Gasteiger partial charge < -0.3 is 29.4 Å². The van der Waals surface area contributed by atoms with E-state index >= 15 is 8.78 Å². The molecule has 0 spiro atoms. The van der Waals surface area contributed by atoms with Crippen molar-refractivity contribution in [2.75, 3.05) is 25.6 Å². The van der Waals surface area contributed by atoms with Crippen LogP contribution in [0.25, 0.3) is 0 Å². The Morgan fingerprint density at radius 2 is 1.78 bits per heavy atom. The maximum atomic E-state index is 15.9. The highest BCUT2D eigenvalue weighted by molar-refractivity contribution is 7.10. The van der Waals surface area contributed by atoms with E-state index in [9.17, 15) is 19.6 Å². The predicted octanol–water partition coefficient (Wildman–Crippen LogP) is 7.34. The van der Waals surface area contributed by atoms with E-state index in [1.165, 1.54) is 55.6 Å². The van der Waals surface area contributed by atoms with Crippen LogP contribution in [0.2, 0.25) is 10.0 Å². The van der Waals surface area contributed by atoms with Crippen LogP contribution in [-0.4, -0.2) is 50.4 Å². The van der Waals surface area contributed by atoms with Crippen molar-refractivity contribution in [1.82, 2.24) is 5.32 Å². The third kappa shape index (κ3) is 8.25. The molecule has 3 aromatic rings. The molecule has 1 heterocycles. The van der Waals surface area contributed by atoms with Crippen LogP contribution in [0, 0.1) is 28.4 Å². The molecule has 10 nitrogen and oxygen atoms in total. The fraction of sp³-hybridized carbons (Fsp3) is 0.353. The number of ether oxygens (including phenoxy) is 3. The van der Waals surface area contributed by atoms with Crippen molar-refractivity contribution in [2.45, 2.75) is 50.6 Å². The lowest BCUT2D eigenvalue weighted by atomic mass is 9.62. The second kappa shape index (κ2) is 15.7. The number of halogens is 4. The van der Waals surface area contributed by atoms with Gasteiger partial charge in [0.05, 0.1) is 45.0 Å². The molecule has 1 amide bonds.